The average Bonchev–Trinajstić information content (AvgIpc) is 1.62. The second kappa shape index (κ2) is 4.44. The first-order valence-electron chi connectivity index (χ1n) is 3.71. The zero-order valence-electron chi connectivity index (χ0n) is 5.45. The summed E-state index contributed by atoms with van der Waals surface area (Å²) in [5, 5.41) is 3.25. The van der Waals surface area contributed by atoms with Gasteiger partial charge in [-0.25, -0.2) is 0 Å². The van der Waals surface area contributed by atoms with Gasteiger partial charge in [-0.05, 0) is 0 Å². The molecule has 0 amide bonds. The number of hydrogen-bond acceptors (Lipinski definition) is 0. The van der Waals surface area contributed by atoms with Gasteiger partial charge >= 0.3 is 58.3 Å². The van der Waals surface area contributed by atoms with Crippen molar-refractivity contribution in [1.82, 2.24) is 0 Å². The summed E-state index contributed by atoms with van der Waals surface area (Å²) < 4.78 is 0. The molecule has 1 heteroatoms. The number of rotatable bonds is 0. The van der Waals surface area contributed by atoms with E-state index >= 15 is 0 Å². The molecule has 0 spiro atoms. The molecule has 8 heavy (non-hydrogen) atoms. The van der Waals surface area contributed by atoms with Crippen LogP contribution in [0, 0.1) is 0 Å². The Morgan fingerprint density at radius 1 is 0.625 bits per heavy atom. The molecule has 0 unspecified atom stereocenters. The Kier molecular flexibility index (Phi) is 3.70. The molecule has 0 nitrogen and oxygen atoms in total. The second-order valence-corrected chi connectivity index (χ2v) is 5.66. The summed E-state index contributed by atoms with van der Waals surface area (Å²) in [7, 11) is 0. The van der Waals surface area contributed by atoms with Crippen molar-refractivity contribution < 1.29 is 0 Å². The van der Waals surface area contributed by atoms with Gasteiger partial charge in [0.25, 0.3) is 0 Å². The molecule has 1 heterocycles. The van der Waals surface area contributed by atoms with Gasteiger partial charge in [0.1, 0.15) is 0 Å². The zero-order chi connectivity index (χ0) is 5.66. The molecule has 0 N–H and O–H groups in total. The van der Waals surface area contributed by atoms with Crippen LogP contribution in [0.15, 0.2) is 0 Å². The van der Waals surface area contributed by atoms with Crippen LogP contribution in [0.5, 0.6) is 0 Å². The van der Waals surface area contributed by atoms with Crippen molar-refractivity contribution in [3.63, 3.8) is 0 Å². The van der Waals surface area contributed by atoms with Gasteiger partial charge in [0.2, 0.25) is 0 Å². The first-order chi connectivity index (χ1) is 4.00. The van der Waals surface area contributed by atoms with Crippen LogP contribution in [0.1, 0.15) is 32.1 Å². The topological polar surface area (TPSA) is 0 Å². The van der Waals surface area contributed by atoms with Crippen molar-refractivity contribution in [2.24, 2.45) is 0 Å². The average molecular weight is 174 g/mol. The van der Waals surface area contributed by atoms with E-state index < -0.39 is 0 Å². The summed E-state index contributed by atoms with van der Waals surface area (Å²) in [5.41, 5.74) is 0. The van der Waals surface area contributed by atoms with E-state index in [0.717, 1.165) is 0 Å². The summed E-state index contributed by atoms with van der Waals surface area (Å²) in [6, 6.07) is 0. The third-order valence-electron chi connectivity index (χ3n) is 1.71. The fourth-order valence-electron chi connectivity index (χ4n) is 1.16. The molecule has 0 aromatic heterocycles. The van der Waals surface area contributed by atoms with Crippen LogP contribution in [-0.2, 0) is 0 Å². The maximum atomic E-state index is 1.62. The van der Waals surface area contributed by atoms with E-state index in [1.165, 1.54) is 19.3 Å². The van der Waals surface area contributed by atoms with Gasteiger partial charge in [-0.2, -0.15) is 0 Å². The first kappa shape index (κ1) is 6.68. The van der Waals surface area contributed by atoms with Crippen LogP contribution in [0.25, 0.3) is 0 Å². The van der Waals surface area contributed by atoms with Crippen molar-refractivity contribution in [3.05, 3.63) is 0 Å². The molecule has 0 saturated carbocycles. The van der Waals surface area contributed by atoms with E-state index in [1.807, 2.05) is 0 Å². The summed E-state index contributed by atoms with van der Waals surface area (Å²) in [5.74, 6) is 0. The van der Waals surface area contributed by atoms with Crippen molar-refractivity contribution in [2.75, 3.05) is 0 Å². The predicted octanol–water partition coefficient (Wildman–Crippen LogP) is 2.22. The SMILES string of the molecule is C1CCC[AsH]CCC1. The Labute approximate surface area is 58.7 Å². The predicted molar refractivity (Wildman–Crippen MR) is 39.8 cm³/mol. The van der Waals surface area contributed by atoms with E-state index in [2.05, 4.69) is 0 Å². The van der Waals surface area contributed by atoms with Crippen LogP contribution in [-0.4, -0.2) is 15.8 Å². The Bertz CT molecular complexity index is 28.3. The molecule has 1 saturated heterocycles. The van der Waals surface area contributed by atoms with Gasteiger partial charge in [0, 0.05) is 0 Å². The first-order valence-corrected chi connectivity index (χ1v) is 6.67. The fraction of sp³-hybridized carbons (Fsp3) is 1.00. The number of hydrogen-bond donors (Lipinski definition) is 0. The van der Waals surface area contributed by atoms with Gasteiger partial charge in [0.05, 0.1) is 0 Å². The molecule has 1 aliphatic heterocycles. The maximum absolute atomic E-state index is 1.62. The summed E-state index contributed by atoms with van der Waals surface area (Å²) in [6.07, 6.45) is 7.69. The molecule has 0 atom stereocenters. The van der Waals surface area contributed by atoms with E-state index in [0.29, 0.717) is 15.8 Å². The summed E-state index contributed by atoms with van der Waals surface area (Å²) in [6.45, 7) is 0. The van der Waals surface area contributed by atoms with Gasteiger partial charge in [-0.3, -0.25) is 0 Å². The van der Waals surface area contributed by atoms with Crippen molar-refractivity contribution in [2.45, 2.75) is 42.5 Å². The molecule has 0 radical (unpaired) electrons. The second-order valence-electron chi connectivity index (χ2n) is 2.52. The monoisotopic (exact) mass is 174 g/mol. The van der Waals surface area contributed by atoms with Gasteiger partial charge in [-0.1, -0.05) is 0 Å². The van der Waals surface area contributed by atoms with Crippen LogP contribution >= 0.6 is 0 Å². The summed E-state index contributed by atoms with van der Waals surface area (Å²) in [4.78, 5) is 0. The third-order valence-corrected chi connectivity index (χ3v) is 4.67. The molecule has 1 aliphatic rings. The zero-order valence-corrected chi connectivity index (χ0v) is 7.55. The van der Waals surface area contributed by atoms with Crippen LogP contribution in [0.4, 0.5) is 0 Å². The van der Waals surface area contributed by atoms with Crippen LogP contribution in [0.2, 0.25) is 10.4 Å². The quantitative estimate of drug-likeness (QED) is 0.494. The molecule has 0 bridgehead atoms. The van der Waals surface area contributed by atoms with E-state index in [9.17, 15) is 0 Å². The molecule has 0 aliphatic carbocycles. The molecular formula is C7H15As. The normalized spacial score (nSPS) is 24.0. The molecule has 1 rings (SSSR count). The minimum atomic E-state index is 0.556. The Balaban J connectivity index is 2.00. The fourth-order valence-corrected chi connectivity index (χ4v) is 3.78. The van der Waals surface area contributed by atoms with Gasteiger partial charge < -0.3 is 0 Å². The standard InChI is InChI=1S/C7H15As/c1-2-4-6-8-7-5-3-1/h8H,1-7H2. The van der Waals surface area contributed by atoms with Gasteiger partial charge in [-0.15, -0.1) is 0 Å². The molecule has 0 aromatic rings. The van der Waals surface area contributed by atoms with Crippen LogP contribution < -0.4 is 0 Å². The van der Waals surface area contributed by atoms with Gasteiger partial charge in [0.15, 0.2) is 0 Å². The molecule has 1 fully saturated rings. The van der Waals surface area contributed by atoms with Crippen molar-refractivity contribution in [3.8, 4) is 0 Å². The minimum absolute atomic E-state index is 0.556. The Hall–Kier alpha value is 0.558. The third kappa shape index (κ3) is 2.77. The van der Waals surface area contributed by atoms with Crippen LogP contribution in [0.3, 0.4) is 0 Å². The van der Waals surface area contributed by atoms with Crippen molar-refractivity contribution >= 4 is 15.8 Å². The van der Waals surface area contributed by atoms with Crippen molar-refractivity contribution in [1.29, 1.82) is 0 Å². The van der Waals surface area contributed by atoms with E-state index in [1.54, 1.807) is 23.3 Å². The van der Waals surface area contributed by atoms with E-state index in [4.69, 9.17) is 0 Å². The van der Waals surface area contributed by atoms with E-state index in [-0.39, 0.29) is 0 Å². The Morgan fingerprint density at radius 3 is 1.75 bits per heavy atom. The Morgan fingerprint density at radius 2 is 1.12 bits per heavy atom. The molecule has 48 valence electrons. The molecular weight excluding hydrogens is 159 g/mol. The molecule has 0 aromatic carbocycles. The summed E-state index contributed by atoms with van der Waals surface area (Å²) >= 11 is 0.556.